The number of rotatable bonds is 2. The zero-order chi connectivity index (χ0) is 18.4. The molecular formula is C17H23F3N4O2. The van der Waals surface area contributed by atoms with Crippen molar-refractivity contribution in [3.8, 4) is 0 Å². The number of ether oxygens (including phenoxy) is 1. The van der Waals surface area contributed by atoms with Crippen molar-refractivity contribution in [1.82, 2.24) is 19.9 Å². The molecule has 9 heteroatoms. The van der Waals surface area contributed by atoms with Gasteiger partial charge in [0.05, 0.1) is 18.2 Å². The van der Waals surface area contributed by atoms with E-state index < -0.39 is 17.5 Å². The predicted octanol–water partition coefficient (Wildman–Crippen LogP) is 2.82. The maximum atomic E-state index is 13.4. The molecule has 1 aromatic heterocycles. The first-order valence-electron chi connectivity index (χ1n) is 9.25. The summed E-state index contributed by atoms with van der Waals surface area (Å²) in [7, 11) is 0. The molecule has 0 radical (unpaired) electrons. The summed E-state index contributed by atoms with van der Waals surface area (Å²) < 4.78 is 47.1. The van der Waals surface area contributed by atoms with E-state index in [0.717, 1.165) is 19.3 Å². The fourth-order valence-corrected chi connectivity index (χ4v) is 4.65. The monoisotopic (exact) mass is 372 g/mol. The minimum Gasteiger partial charge on any atom is -0.381 e. The molecule has 1 saturated carbocycles. The van der Waals surface area contributed by atoms with Crippen LogP contribution in [0.4, 0.5) is 13.2 Å². The molecule has 3 fully saturated rings. The second-order valence-corrected chi connectivity index (χ2v) is 7.75. The lowest BCUT2D eigenvalue weighted by molar-refractivity contribution is -0.235. The smallest absolute Gasteiger partial charge is 0.381 e. The summed E-state index contributed by atoms with van der Waals surface area (Å²) in [5.74, 6) is -1.61. The fraction of sp³-hybridized carbons (Fsp3) is 0.824. The third-order valence-corrected chi connectivity index (χ3v) is 6.26. The van der Waals surface area contributed by atoms with Crippen molar-refractivity contribution < 1.29 is 22.7 Å². The number of carbonyl (C=O) groups is 1. The Morgan fingerprint density at radius 1 is 1.23 bits per heavy atom. The summed E-state index contributed by atoms with van der Waals surface area (Å²) in [6.45, 7) is 1.59. The van der Waals surface area contributed by atoms with Gasteiger partial charge in [-0.25, -0.2) is 4.68 Å². The van der Waals surface area contributed by atoms with Crippen LogP contribution in [0.15, 0.2) is 6.20 Å². The van der Waals surface area contributed by atoms with Gasteiger partial charge >= 0.3 is 6.18 Å². The van der Waals surface area contributed by atoms with Crippen molar-refractivity contribution in [3.05, 3.63) is 11.9 Å². The Hall–Kier alpha value is -1.64. The number of nitrogens with zero attached hydrogens (tertiary/aromatic N) is 4. The number of carbonyl (C=O) groups excluding carboxylic acids is 1. The van der Waals surface area contributed by atoms with Gasteiger partial charge in [-0.1, -0.05) is 11.6 Å². The highest BCUT2D eigenvalue weighted by Gasteiger charge is 2.58. The molecule has 0 N–H and O–H groups in total. The summed E-state index contributed by atoms with van der Waals surface area (Å²) in [6, 6.07) is 0.159. The molecule has 26 heavy (non-hydrogen) atoms. The molecule has 0 bridgehead atoms. The minimum absolute atomic E-state index is 0.0245. The van der Waals surface area contributed by atoms with Crippen LogP contribution < -0.4 is 0 Å². The SMILES string of the molecule is O=C(c1cn(C2CCOCC2)nn1)N1CCC(C(F)(F)F)C2(CCC2)C1. The van der Waals surface area contributed by atoms with Crippen LogP contribution in [0, 0.1) is 11.3 Å². The number of piperidine rings is 1. The molecule has 1 spiro atoms. The third-order valence-electron chi connectivity index (χ3n) is 6.26. The predicted molar refractivity (Wildman–Crippen MR) is 85.5 cm³/mol. The van der Waals surface area contributed by atoms with Gasteiger partial charge in [0.2, 0.25) is 0 Å². The van der Waals surface area contributed by atoms with Crippen LogP contribution >= 0.6 is 0 Å². The lowest BCUT2D eigenvalue weighted by Gasteiger charge is -2.54. The van der Waals surface area contributed by atoms with Crippen LogP contribution in [0.1, 0.15) is 55.1 Å². The molecule has 2 aliphatic heterocycles. The number of hydrogen-bond donors (Lipinski definition) is 0. The van der Waals surface area contributed by atoms with Gasteiger partial charge in [0.15, 0.2) is 5.69 Å². The highest BCUT2D eigenvalue weighted by molar-refractivity contribution is 5.92. The first-order chi connectivity index (χ1) is 12.4. The standard InChI is InChI=1S/C17H23F3N4O2/c18-17(19,20)14-2-7-23(11-16(14)5-1-6-16)15(25)13-10-24(22-21-13)12-3-8-26-9-4-12/h10,12,14H,1-9,11H2. The molecule has 1 amide bonds. The van der Waals surface area contributed by atoms with E-state index in [1.807, 2.05) is 0 Å². The molecule has 4 rings (SSSR count). The van der Waals surface area contributed by atoms with E-state index in [1.54, 1.807) is 15.8 Å². The van der Waals surface area contributed by atoms with E-state index in [-0.39, 0.29) is 37.2 Å². The summed E-state index contributed by atoms with van der Waals surface area (Å²) in [5, 5.41) is 8.05. The highest BCUT2D eigenvalue weighted by Crippen LogP contribution is 2.56. The van der Waals surface area contributed by atoms with Gasteiger partial charge in [0, 0.05) is 26.3 Å². The number of hydrogen-bond acceptors (Lipinski definition) is 4. The highest BCUT2D eigenvalue weighted by atomic mass is 19.4. The molecule has 144 valence electrons. The molecule has 0 aromatic carbocycles. The van der Waals surface area contributed by atoms with E-state index in [1.165, 1.54) is 0 Å². The first kappa shape index (κ1) is 17.8. The van der Waals surface area contributed by atoms with E-state index in [4.69, 9.17) is 4.74 Å². The van der Waals surface area contributed by atoms with Crippen LogP contribution in [0.25, 0.3) is 0 Å². The molecule has 1 atom stereocenters. The van der Waals surface area contributed by atoms with Crippen LogP contribution in [0.5, 0.6) is 0 Å². The van der Waals surface area contributed by atoms with Gasteiger partial charge < -0.3 is 9.64 Å². The number of halogens is 3. The maximum Gasteiger partial charge on any atom is 0.392 e. The number of aromatic nitrogens is 3. The average Bonchev–Trinajstić information content (AvgIpc) is 3.09. The van der Waals surface area contributed by atoms with Gasteiger partial charge in [0.1, 0.15) is 0 Å². The van der Waals surface area contributed by atoms with Crippen molar-refractivity contribution >= 4 is 5.91 Å². The Morgan fingerprint density at radius 2 is 1.96 bits per heavy atom. The molecule has 1 aromatic rings. The van der Waals surface area contributed by atoms with Crippen LogP contribution in [-0.2, 0) is 4.74 Å². The van der Waals surface area contributed by atoms with Crippen molar-refractivity contribution in [1.29, 1.82) is 0 Å². The summed E-state index contributed by atoms with van der Waals surface area (Å²) in [4.78, 5) is 14.3. The van der Waals surface area contributed by atoms with Crippen LogP contribution in [0.2, 0.25) is 0 Å². The Labute approximate surface area is 149 Å². The fourth-order valence-electron chi connectivity index (χ4n) is 4.65. The maximum absolute atomic E-state index is 13.4. The molecule has 1 unspecified atom stereocenters. The van der Waals surface area contributed by atoms with E-state index in [9.17, 15) is 18.0 Å². The van der Waals surface area contributed by atoms with Gasteiger partial charge in [-0.15, -0.1) is 5.10 Å². The number of alkyl halides is 3. The van der Waals surface area contributed by atoms with Gasteiger partial charge in [-0.3, -0.25) is 4.79 Å². The lowest BCUT2D eigenvalue weighted by atomic mass is 9.58. The quantitative estimate of drug-likeness (QED) is 0.801. The van der Waals surface area contributed by atoms with E-state index in [0.29, 0.717) is 26.1 Å². The van der Waals surface area contributed by atoms with Crippen molar-refractivity contribution in [2.45, 2.75) is 50.7 Å². The Balaban J connectivity index is 1.46. The molecule has 6 nitrogen and oxygen atoms in total. The molecule has 2 saturated heterocycles. The van der Waals surface area contributed by atoms with Crippen LogP contribution in [-0.4, -0.2) is 58.3 Å². The molecule has 1 aliphatic carbocycles. The molecular weight excluding hydrogens is 349 g/mol. The number of amides is 1. The third kappa shape index (κ3) is 3.10. The van der Waals surface area contributed by atoms with E-state index in [2.05, 4.69) is 10.3 Å². The largest absolute Gasteiger partial charge is 0.392 e. The minimum atomic E-state index is -4.19. The van der Waals surface area contributed by atoms with Crippen molar-refractivity contribution in [3.63, 3.8) is 0 Å². The Bertz CT molecular complexity index is 665. The lowest BCUT2D eigenvalue weighted by Crippen LogP contribution is -2.57. The average molecular weight is 372 g/mol. The van der Waals surface area contributed by atoms with Gasteiger partial charge in [0.25, 0.3) is 5.91 Å². The van der Waals surface area contributed by atoms with Gasteiger partial charge in [-0.05, 0) is 37.5 Å². The van der Waals surface area contributed by atoms with Crippen LogP contribution in [0.3, 0.4) is 0 Å². The zero-order valence-corrected chi connectivity index (χ0v) is 14.5. The Kier molecular flexibility index (Phi) is 4.45. The Morgan fingerprint density at radius 3 is 2.58 bits per heavy atom. The summed E-state index contributed by atoms with van der Waals surface area (Å²) in [5.41, 5.74) is -0.584. The van der Waals surface area contributed by atoms with Crippen molar-refractivity contribution in [2.24, 2.45) is 11.3 Å². The molecule has 3 aliphatic rings. The second kappa shape index (κ2) is 6.51. The summed E-state index contributed by atoms with van der Waals surface area (Å²) in [6.07, 6.45) is 0.918. The first-order valence-corrected chi connectivity index (χ1v) is 9.25. The van der Waals surface area contributed by atoms with Crippen molar-refractivity contribution in [2.75, 3.05) is 26.3 Å². The van der Waals surface area contributed by atoms with E-state index >= 15 is 0 Å². The second-order valence-electron chi connectivity index (χ2n) is 7.75. The number of likely N-dealkylation sites (tertiary alicyclic amines) is 1. The zero-order valence-electron chi connectivity index (χ0n) is 14.5. The molecule has 3 heterocycles. The summed E-state index contributed by atoms with van der Waals surface area (Å²) >= 11 is 0. The normalized spacial score (nSPS) is 26.7. The van der Waals surface area contributed by atoms with Gasteiger partial charge in [-0.2, -0.15) is 13.2 Å². The topological polar surface area (TPSA) is 60.3 Å².